The quantitative estimate of drug-likeness (QED) is 0.799. The average molecular weight is 309 g/mol. The Morgan fingerprint density at radius 1 is 0.783 bits per heavy atom. The monoisotopic (exact) mass is 309 g/mol. The molecule has 2 aromatic carbocycles. The number of aromatic amines is 1. The number of nitrogens with zero attached hydrogens (tertiary/aromatic N) is 2. The fraction of sp³-hybridized carbons (Fsp3) is 0.118. The summed E-state index contributed by atoms with van der Waals surface area (Å²) in [6.07, 6.45) is 0. The first kappa shape index (κ1) is 14.8. The van der Waals surface area contributed by atoms with Crippen LogP contribution in [0.3, 0.4) is 0 Å². The van der Waals surface area contributed by atoms with Crippen molar-refractivity contribution in [1.29, 1.82) is 0 Å². The first-order chi connectivity index (χ1) is 11.1. The van der Waals surface area contributed by atoms with Gasteiger partial charge in [0, 0.05) is 0 Å². The fourth-order valence-corrected chi connectivity index (χ4v) is 1.87. The van der Waals surface area contributed by atoms with Crippen LogP contribution in [-0.4, -0.2) is 15.0 Å². The minimum Gasteiger partial charge on any atom is -0.425 e. The molecule has 3 aromatic rings. The Morgan fingerprint density at radius 3 is 1.87 bits per heavy atom. The van der Waals surface area contributed by atoms with Gasteiger partial charge in [0.05, 0.1) is 0 Å². The van der Waals surface area contributed by atoms with E-state index in [9.17, 15) is 4.79 Å². The molecule has 0 bridgehead atoms. The smallest absolute Gasteiger partial charge is 0.353 e. The van der Waals surface area contributed by atoms with E-state index >= 15 is 0 Å². The molecule has 6 heteroatoms. The molecule has 1 aromatic heterocycles. The minimum atomic E-state index is -0.593. The van der Waals surface area contributed by atoms with Crippen LogP contribution in [0.4, 0.5) is 0 Å². The summed E-state index contributed by atoms with van der Waals surface area (Å²) in [5, 5.41) is 0. The summed E-state index contributed by atoms with van der Waals surface area (Å²) in [6, 6.07) is 14.7. The topological polar surface area (TPSA) is 77.1 Å². The van der Waals surface area contributed by atoms with Crippen molar-refractivity contribution in [3.63, 3.8) is 0 Å². The molecule has 0 unspecified atom stereocenters. The summed E-state index contributed by atoms with van der Waals surface area (Å²) >= 11 is 0. The van der Waals surface area contributed by atoms with Gasteiger partial charge in [-0.15, -0.1) is 9.97 Å². The Balaban J connectivity index is 1.82. The van der Waals surface area contributed by atoms with Crippen molar-refractivity contribution in [3.8, 4) is 23.5 Å². The third-order valence-electron chi connectivity index (χ3n) is 3.07. The Kier molecular flexibility index (Phi) is 4.05. The molecule has 0 spiro atoms. The van der Waals surface area contributed by atoms with Crippen molar-refractivity contribution < 1.29 is 9.47 Å². The number of aryl methyl sites for hydroxylation is 2. The molecule has 116 valence electrons. The number of nitrogens with one attached hydrogen (secondary N) is 1. The SMILES string of the molecule is Cc1ccc(Oc2nc(Oc3ccc(C)cc3)[nH]c(=O)n2)cc1. The molecule has 0 aliphatic heterocycles. The molecule has 1 N–H and O–H groups in total. The summed E-state index contributed by atoms with van der Waals surface area (Å²) in [5.41, 5.74) is 1.62. The molecule has 23 heavy (non-hydrogen) atoms. The second-order valence-electron chi connectivity index (χ2n) is 5.07. The number of aromatic nitrogens is 3. The molecule has 0 saturated heterocycles. The number of ether oxygens (including phenoxy) is 2. The number of H-pyrrole nitrogens is 1. The van der Waals surface area contributed by atoms with Crippen LogP contribution in [0, 0.1) is 13.8 Å². The lowest BCUT2D eigenvalue weighted by molar-refractivity contribution is 0.393. The van der Waals surface area contributed by atoms with Crippen LogP contribution in [0.25, 0.3) is 0 Å². The van der Waals surface area contributed by atoms with Gasteiger partial charge in [0.15, 0.2) is 0 Å². The van der Waals surface area contributed by atoms with Gasteiger partial charge in [-0.05, 0) is 38.1 Å². The van der Waals surface area contributed by atoms with Crippen molar-refractivity contribution in [2.24, 2.45) is 0 Å². The first-order valence-corrected chi connectivity index (χ1v) is 7.06. The maximum absolute atomic E-state index is 11.6. The molecule has 0 saturated carbocycles. The van der Waals surface area contributed by atoms with Crippen LogP contribution in [0.1, 0.15) is 11.1 Å². The van der Waals surface area contributed by atoms with Crippen LogP contribution >= 0.6 is 0 Å². The zero-order chi connectivity index (χ0) is 16.2. The molecule has 3 rings (SSSR count). The summed E-state index contributed by atoms with van der Waals surface area (Å²) in [5.74, 6) is 1.11. The average Bonchev–Trinajstić information content (AvgIpc) is 2.51. The number of hydrogen-bond acceptors (Lipinski definition) is 5. The largest absolute Gasteiger partial charge is 0.425 e. The first-order valence-electron chi connectivity index (χ1n) is 7.06. The van der Waals surface area contributed by atoms with Crippen molar-refractivity contribution in [2.75, 3.05) is 0 Å². The predicted molar refractivity (Wildman–Crippen MR) is 85.2 cm³/mol. The Bertz CT molecular complexity index is 787. The van der Waals surface area contributed by atoms with Gasteiger partial charge in [-0.3, -0.25) is 4.98 Å². The molecule has 0 radical (unpaired) electrons. The Labute approximate surface area is 132 Å². The summed E-state index contributed by atoms with van der Waals surface area (Å²) in [6.45, 7) is 3.95. The van der Waals surface area contributed by atoms with E-state index in [4.69, 9.17) is 9.47 Å². The van der Waals surface area contributed by atoms with Crippen molar-refractivity contribution in [1.82, 2.24) is 15.0 Å². The maximum atomic E-state index is 11.6. The lowest BCUT2D eigenvalue weighted by Gasteiger charge is -2.07. The van der Waals surface area contributed by atoms with E-state index in [-0.39, 0.29) is 12.0 Å². The van der Waals surface area contributed by atoms with E-state index in [1.165, 1.54) is 0 Å². The van der Waals surface area contributed by atoms with Gasteiger partial charge in [0.2, 0.25) is 0 Å². The van der Waals surface area contributed by atoms with Crippen molar-refractivity contribution >= 4 is 0 Å². The van der Waals surface area contributed by atoms with Crippen LogP contribution in [0.5, 0.6) is 23.5 Å². The molecular weight excluding hydrogens is 294 g/mol. The molecule has 0 aliphatic rings. The van der Waals surface area contributed by atoms with E-state index < -0.39 is 5.69 Å². The summed E-state index contributed by atoms with van der Waals surface area (Å²) in [4.78, 5) is 21.8. The van der Waals surface area contributed by atoms with Gasteiger partial charge in [-0.25, -0.2) is 4.79 Å². The second-order valence-corrected chi connectivity index (χ2v) is 5.07. The number of hydrogen-bond donors (Lipinski definition) is 1. The highest BCUT2D eigenvalue weighted by Gasteiger charge is 2.07. The zero-order valence-corrected chi connectivity index (χ0v) is 12.7. The lowest BCUT2D eigenvalue weighted by Crippen LogP contribution is -2.13. The molecule has 6 nitrogen and oxygen atoms in total. The summed E-state index contributed by atoms with van der Waals surface area (Å²) < 4.78 is 11.0. The van der Waals surface area contributed by atoms with Crippen LogP contribution < -0.4 is 15.2 Å². The Hall–Kier alpha value is -3.15. The van der Waals surface area contributed by atoms with Crippen LogP contribution in [-0.2, 0) is 0 Å². The lowest BCUT2D eigenvalue weighted by atomic mass is 10.2. The van der Waals surface area contributed by atoms with Crippen molar-refractivity contribution in [2.45, 2.75) is 13.8 Å². The molecule has 0 atom stereocenters. The number of rotatable bonds is 4. The highest BCUT2D eigenvalue weighted by atomic mass is 16.5. The molecule has 1 heterocycles. The fourth-order valence-electron chi connectivity index (χ4n) is 1.87. The minimum absolute atomic E-state index is 0.0240. The zero-order valence-electron chi connectivity index (χ0n) is 12.7. The highest BCUT2D eigenvalue weighted by Crippen LogP contribution is 2.21. The van der Waals surface area contributed by atoms with Crippen LogP contribution in [0.15, 0.2) is 53.3 Å². The van der Waals surface area contributed by atoms with Crippen LogP contribution in [0.2, 0.25) is 0 Å². The van der Waals surface area contributed by atoms with Crippen molar-refractivity contribution in [3.05, 3.63) is 70.1 Å². The molecular formula is C17H15N3O3. The molecule has 0 aliphatic carbocycles. The maximum Gasteiger partial charge on any atom is 0.353 e. The van der Waals surface area contributed by atoms with Gasteiger partial charge < -0.3 is 9.47 Å². The molecule has 0 amide bonds. The van der Waals surface area contributed by atoms with E-state index in [0.717, 1.165) is 11.1 Å². The van der Waals surface area contributed by atoms with E-state index in [2.05, 4.69) is 15.0 Å². The van der Waals surface area contributed by atoms with Gasteiger partial charge in [-0.2, -0.15) is 0 Å². The second kappa shape index (κ2) is 6.31. The normalized spacial score (nSPS) is 10.3. The van der Waals surface area contributed by atoms with Gasteiger partial charge in [0.25, 0.3) is 0 Å². The van der Waals surface area contributed by atoms with E-state index in [0.29, 0.717) is 11.5 Å². The number of benzene rings is 2. The summed E-state index contributed by atoms with van der Waals surface area (Å²) in [7, 11) is 0. The molecule has 0 fully saturated rings. The Morgan fingerprint density at radius 2 is 1.30 bits per heavy atom. The van der Waals surface area contributed by atoms with E-state index in [1.54, 1.807) is 24.3 Å². The third-order valence-corrected chi connectivity index (χ3v) is 3.07. The van der Waals surface area contributed by atoms with Gasteiger partial charge >= 0.3 is 17.7 Å². The van der Waals surface area contributed by atoms with Gasteiger partial charge in [-0.1, -0.05) is 35.4 Å². The standard InChI is InChI=1S/C17H15N3O3/c1-11-3-7-13(8-4-11)22-16-18-15(21)19-17(20-16)23-14-9-5-12(2)6-10-14/h3-10H,1-2H3,(H,18,19,20,21). The predicted octanol–water partition coefficient (Wildman–Crippen LogP) is 3.37. The van der Waals surface area contributed by atoms with Gasteiger partial charge in [0.1, 0.15) is 11.5 Å². The van der Waals surface area contributed by atoms with E-state index in [1.807, 2.05) is 38.1 Å². The highest BCUT2D eigenvalue weighted by molar-refractivity contribution is 5.30. The third kappa shape index (κ3) is 3.94.